The first-order valence-electron chi connectivity index (χ1n) is 7.14. The zero-order chi connectivity index (χ0) is 17.1. The van der Waals surface area contributed by atoms with E-state index in [-0.39, 0.29) is 16.9 Å². The molecule has 122 valence electrons. The second-order valence-corrected chi connectivity index (χ2v) is 6.02. The third kappa shape index (κ3) is 3.37. The van der Waals surface area contributed by atoms with Gasteiger partial charge in [-0.1, -0.05) is 48.0 Å². The number of carbonyl (C=O) groups is 2. The molecule has 0 saturated carbocycles. The first-order chi connectivity index (χ1) is 11.6. The Hall–Kier alpha value is -2.51. The molecule has 1 aliphatic carbocycles. The highest BCUT2D eigenvalue weighted by Crippen LogP contribution is 2.25. The molecule has 1 heterocycles. The Morgan fingerprint density at radius 2 is 1.88 bits per heavy atom. The molecule has 8 heteroatoms. The molecule has 0 bridgehead atoms. The van der Waals surface area contributed by atoms with Crippen molar-refractivity contribution in [3.8, 4) is 0 Å². The molecule has 1 aliphatic heterocycles. The van der Waals surface area contributed by atoms with Crippen LogP contribution in [0.25, 0.3) is 0 Å². The maximum absolute atomic E-state index is 12.4. The van der Waals surface area contributed by atoms with E-state index in [1.165, 1.54) is 6.21 Å². The third-order valence-electron chi connectivity index (χ3n) is 3.61. The van der Waals surface area contributed by atoms with Crippen LogP contribution in [0.3, 0.4) is 0 Å². The van der Waals surface area contributed by atoms with Gasteiger partial charge in [0.25, 0.3) is 5.91 Å². The summed E-state index contributed by atoms with van der Waals surface area (Å²) < 4.78 is 0. The Morgan fingerprint density at radius 3 is 2.58 bits per heavy atom. The van der Waals surface area contributed by atoms with Crippen LogP contribution in [-0.4, -0.2) is 28.2 Å². The lowest BCUT2D eigenvalue weighted by atomic mass is 9.85. The van der Waals surface area contributed by atoms with E-state index < -0.39 is 11.8 Å². The minimum atomic E-state index is -0.552. The number of hydrogen-bond acceptors (Lipinski definition) is 4. The molecule has 1 saturated heterocycles. The van der Waals surface area contributed by atoms with Crippen molar-refractivity contribution >= 4 is 47.0 Å². The number of carbonyl (C=O) groups excluding carboxylic acids is 2. The number of fused-ring (bicyclic) bond motifs is 1. The van der Waals surface area contributed by atoms with Gasteiger partial charge in [-0.25, -0.2) is 0 Å². The van der Waals surface area contributed by atoms with Crippen molar-refractivity contribution in [2.45, 2.75) is 0 Å². The zero-order valence-electron chi connectivity index (χ0n) is 12.3. The number of benzene rings is 1. The van der Waals surface area contributed by atoms with Gasteiger partial charge >= 0.3 is 0 Å². The normalized spacial score (nSPS) is 22.5. The highest BCUT2D eigenvalue weighted by molar-refractivity contribution is 7.80. The molecule has 2 unspecified atom stereocenters. The van der Waals surface area contributed by atoms with E-state index in [1.807, 2.05) is 0 Å². The summed E-state index contributed by atoms with van der Waals surface area (Å²) in [5, 5.41) is 5.62. The largest absolute Gasteiger partial charge is 0.273 e. The summed E-state index contributed by atoms with van der Waals surface area (Å²) in [5.41, 5.74) is 5.87. The van der Waals surface area contributed by atoms with Crippen LogP contribution in [0.1, 0.15) is 5.56 Å². The molecule has 1 fully saturated rings. The predicted octanol–water partition coefficient (Wildman–Crippen LogP) is 1.78. The number of hydrazone groups is 1. The molecule has 0 spiro atoms. The van der Waals surface area contributed by atoms with Gasteiger partial charge in [0, 0.05) is 5.02 Å². The SMILES string of the molecule is O=C1NN(C(=S)N/N=C/c2ccc(Cl)cc2)C(=O)C2C=CC=CC12. The number of amides is 2. The van der Waals surface area contributed by atoms with Crippen molar-refractivity contribution in [2.75, 3.05) is 0 Å². The fourth-order valence-corrected chi connectivity index (χ4v) is 2.71. The average molecular weight is 361 g/mol. The molecule has 0 radical (unpaired) electrons. The summed E-state index contributed by atoms with van der Waals surface area (Å²) in [6.45, 7) is 0. The van der Waals surface area contributed by atoms with Gasteiger partial charge < -0.3 is 0 Å². The van der Waals surface area contributed by atoms with Gasteiger partial charge in [0.05, 0.1) is 18.1 Å². The Morgan fingerprint density at radius 1 is 1.21 bits per heavy atom. The lowest BCUT2D eigenvalue weighted by Crippen LogP contribution is -2.61. The van der Waals surface area contributed by atoms with E-state index in [0.717, 1.165) is 10.6 Å². The van der Waals surface area contributed by atoms with Crippen molar-refractivity contribution < 1.29 is 9.59 Å². The average Bonchev–Trinajstić information content (AvgIpc) is 2.60. The molecule has 0 aromatic heterocycles. The number of hydrogen-bond donors (Lipinski definition) is 2. The molecular weight excluding hydrogens is 348 g/mol. The second-order valence-electron chi connectivity index (χ2n) is 5.20. The molecule has 2 N–H and O–H groups in total. The van der Waals surface area contributed by atoms with Gasteiger partial charge in [0.2, 0.25) is 11.0 Å². The van der Waals surface area contributed by atoms with Gasteiger partial charge in [0.1, 0.15) is 0 Å². The molecule has 2 amide bonds. The third-order valence-corrected chi connectivity index (χ3v) is 4.14. The Balaban J connectivity index is 1.65. The van der Waals surface area contributed by atoms with Crippen LogP contribution < -0.4 is 10.9 Å². The van der Waals surface area contributed by atoms with Gasteiger partial charge in [-0.3, -0.25) is 20.4 Å². The van der Waals surface area contributed by atoms with Crippen molar-refractivity contribution in [2.24, 2.45) is 16.9 Å². The van der Waals surface area contributed by atoms with Crippen LogP contribution in [-0.2, 0) is 9.59 Å². The summed E-state index contributed by atoms with van der Waals surface area (Å²) in [6, 6.07) is 7.04. The fourth-order valence-electron chi connectivity index (χ4n) is 2.39. The lowest BCUT2D eigenvalue weighted by molar-refractivity contribution is -0.148. The predicted molar refractivity (Wildman–Crippen MR) is 95.0 cm³/mol. The Kier molecular flexibility index (Phi) is 4.73. The summed E-state index contributed by atoms with van der Waals surface area (Å²) in [7, 11) is 0. The Labute approximate surface area is 148 Å². The van der Waals surface area contributed by atoms with Gasteiger partial charge in [-0.15, -0.1) is 0 Å². The van der Waals surface area contributed by atoms with Crippen molar-refractivity contribution in [3.05, 3.63) is 59.2 Å². The van der Waals surface area contributed by atoms with Crippen LogP contribution in [0.15, 0.2) is 53.7 Å². The smallest absolute Gasteiger partial charge is 0.255 e. The maximum atomic E-state index is 12.4. The van der Waals surface area contributed by atoms with Crippen LogP contribution in [0.2, 0.25) is 5.02 Å². The molecule has 1 aromatic rings. The van der Waals surface area contributed by atoms with Gasteiger partial charge in [-0.2, -0.15) is 10.1 Å². The van der Waals surface area contributed by atoms with E-state index in [0.29, 0.717) is 5.02 Å². The van der Waals surface area contributed by atoms with E-state index >= 15 is 0 Å². The van der Waals surface area contributed by atoms with E-state index in [4.69, 9.17) is 23.8 Å². The van der Waals surface area contributed by atoms with Gasteiger partial charge in [0.15, 0.2) is 0 Å². The molecule has 6 nitrogen and oxygen atoms in total. The number of halogens is 1. The molecule has 2 atom stereocenters. The number of nitrogens with one attached hydrogen (secondary N) is 2. The van der Waals surface area contributed by atoms with Crippen LogP contribution in [0, 0.1) is 11.8 Å². The lowest BCUT2D eigenvalue weighted by Gasteiger charge is -2.35. The van der Waals surface area contributed by atoms with E-state index in [1.54, 1.807) is 48.6 Å². The highest BCUT2D eigenvalue weighted by atomic mass is 35.5. The first-order valence-corrected chi connectivity index (χ1v) is 7.93. The summed E-state index contributed by atoms with van der Waals surface area (Å²) in [4.78, 5) is 24.5. The van der Waals surface area contributed by atoms with Crippen molar-refractivity contribution in [1.82, 2.24) is 15.9 Å². The molecular formula is C16H13ClN4O2S. The second kappa shape index (κ2) is 6.94. The van der Waals surface area contributed by atoms with Crippen molar-refractivity contribution in [1.29, 1.82) is 0 Å². The van der Waals surface area contributed by atoms with Crippen molar-refractivity contribution in [3.63, 3.8) is 0 Å². The summed E-state index contributed by atoms with van der Waals surface area (Å²) >= 11 is 10.9. The zero-order valence-corrected chi connectivity index (χ0v) is 13.9. The number of rotatable bonds is 2. The maximum Gasteiger partial charge on any atom is 0.255 e. The topological polar surface area (TPSA) is 73.8 Å². The minimum absolute atomic E-state index is 0.0000309. The number of nitrogens with zero attached hydrogens (tertiary/aromatic N) is 2. The first kappa shape index (κ1) is 16.4. The fraction of sp³-hybridized carbons (Fsp3) is 0.125. The summed E-state index contributed by atoms with van der Waals surface area (Å²) in [5.74, 6) is -1.65. The monoisotopic (exact) mass is 360 g/mol. The number of thiocarbonyl (C=S) groups is 1. The van der Waals surface area contributed by atoms with Crippen LogP contribution in [0.4, 0.5) is 0 Å². The Bertz CT molecular complexity index is 773. The van der Waals surface area contributed by atoms with E-state index in [2.05, 4.69) is 16.0 Å². The number of hydrazine groups is 1. The molecule has 1 aromatic carbocycles. The van der Waals surface area contributed by atoms with Crippen LogP contribution in [0.5, 0.6) is 0 Å². The minimum Gasteiger partial charge on any atom is -0.273 e. The summed E-state index contributed by atoms with van der Waals surface area (Å²) in [6.07, 6.45) is 8.41. The molecule has 2 aliphatic rings. The molecule has 24 heavy (non-hydrogen) atoms. The molecule has 3 rings (SSSR count). The van der Waals surface area contributed by atoms with E-state index in [9.17, 15) is 9.59 Å². The highest BCUT2D eigenvalue weighted by Gasteiger charge is 2.41. The standard InChI is InChI=1S/C16H13ClN4O2S/c17-11-7-5-10(6-8-11)9-18-19-16(24)21-15(23)13-4-2-1-3-12(13)14(22)20-21/h1-9,12-13H,(H,19,24)(H,20,22)/b18-9+. The number of allylic oxidation sites excluding steroid dienone is 2. The quantitative estimate of drug-likeness (QED) is 0.479. The van der Waals surface area contributed by atoms with Crippen LogP contribution >= 0.6 is 23.8 Å². The van der Waals surface area contributed by atoms with Gasteiger partial charge in [-0.05, 0) is 29.9 Å².